The molecule has 0 spiro atoms. The van der Waals surface area contributed by atoms with Crippen molar-refractivity contribution in [2.45, 2.75) is 77.7 Å². The van der Waals surface area contributed by atoms with Gasteiger partial charge in [-0.3, -0.25) is 4.79 Å². The van der Waals surface area contributed by atoms with Crippen LogP contribution in [0.4, 0.5) is 9.18 Å². The Morgan fingerprint density at radius 2 is 1.92 bits per heavy atom. The second-order valence-electron chi connectivity index (χ2n) is 11.2. The lowest BCUT2D eigenvalue weighted by Crippen LogP contribution is -2.45. The largest absolute Gasteiger partial charge is 0.443 e. The molecule has 200 valence electrons. The smallest absolute Gasteiger partial charge is 0.417 e. The zero-order valence-electron chi connectivity index (χ0n) is 21.9. The molecule has 0 saturated carbocycles. The Morgan fingerprint density at radius 1 is 1.19 bits per heavy atom. The van der Waals surface area contributed by atoms with E-state index >= 15 is 0 Å². The predicted octanol–water partition coefficient (Wildman–Crippen LogP) is 6.77. The number of imide groups is 1. The van der Waals surface area contributed by atoms with Crippen LogP contribution in [0.5, 0.6) is 0 Å². The number of carbonyl (C=O) groups excluding carboxylic acids is 2. The summed E-state index contributed by atoms with van der Waals surface area (Å²) in [6.45, 7) is 7.97. The molecular weight excluding hydrogens is 497 g/mol. The molecule has 0 radical (unpaired) electrons. The van der Waals surface area contributed by atoms with Crippen molar-refractivity contribution in [3.8, 4) is 11.1 Å². The molecule has 37 heavy (non-hydrogen) atoms. The molecule has 8 heteroatoms. The third-order valence-electron chi connectivity index (χ3n) is 6.77. The highest BCUT2D eigenvalue weighted by atomic mass is 35.5. The zero-order valence-corrected chi connectivity index (χ0v) is 22.6. The van der Waals surface area contributed by atoms with Gasteiger partial charge in [0, 0.05) is 23.2 Å². The van der Waals surface area contributed by atoms with Gasteiger partial charge in [0.1, 0.15) is 11.4 Å². The molecule has 3 atom stereocenters. The molecule has 0 N–H and O–H groups in total. The number of nitrogens with zero attached hydrogens (tertiary/aromatic N) is 1. The highest BCUT2D eigenvalue weighted by molar-refractivity contribution is 6.30. The molecule has 4 rings (SSSR count). The fraction of sp³-hybridized carbons (Fsp3) is 0.517. The van der Waals surface area contributed by atoms with E-state index in [-0.39, 0.29) is 24.6 Å². The first-order valence-corrected chi connectivity index (χ1v) is 13.2. The van der Waals surface area contributed by atoms with Gasteiger partial charge in [0.05, 0.1) is 12.0 Å². The van der Waals surface area contributed by atoms with Gasteiger partial charge in [0.2, 0.25) is 5.91 Å². The lowest BCUT2D eigenvalue weighted by molar-refractivity contribution is -0.179. The van der Waals surface area contributed by atoms with Crippen molar-refractivity contribution in [3.63, 3.8) is 0 Å². The summed E-state index contributed by atoms with van der Waals surface area (Å²) in [7, 11) is 0. The first-order chi connectivity index (χ1) is 17.4. The lowest BCUT2D eigenvalue weighted by Gasteiger charge is -2.29. The van der Waals surface area contributed by atoms with Crippen LogP contribution in [-0.4, -0.2) is 48.0 Å². The maximum Gasteiger partial charge on any atom is 0.417 e. The van der Waals surface area contributed by atoms with Gasteiger partial charge in [-0.2, -0.15) is 0 Å². The summed E-state index contributed by atoms with van der Waals surface area (Å²) < 4.78 is 31.6. The van der Waals surface area contributed by atoms with Crippen molar-refractivity contribution < 1.29 is 28.2 Å². The van der Waals surface area contributed by atoms with E-state index in [0.29, 0.717) is 35.6 Å². The van der Waals surface area contributed by atoms with E-state index in [1.54, 1.807) is 26.8 Å². The predicted molar refractivity (Wildman–Crippen MR) is 140 cm³/mol. The Hall–Kier alpha value is -2.48. The van der Waals surface area contributed by atoms with Crippen LogP contribution in [-0.2, 0) is 25.4 Å². The van der Waals surface area contributed by atoms with Crippen LogP contribution in [0.1, 0.15) is 58.9 Å². The van der Waals surface area contributed by atoms with Crippen molar-refractivity contribution in [2.75, 3.05) is 13.2 Å². The summed E-state index contributed by atoms with van der Waals surface area (Å²) in [5.74, 6) is -0.660. The zero-order chi connectivity index (χ0) is 26.8. The number of likely N-dealkylation sites (tertiary alicyclic amines) is 1. The molecular formula is C29H35ClFNO5. The highest BCUT2D eigenvalue weighted by Gasteiger charge is 2.52. The van der Waals surface area contributed by atoms with Crippen LogP contribution in [0.25, 0.3) is 11.1 Å². The second kappa shape index (κ2) is 11.1. The Balaban J connectivity index is 1.53. The molecule has 2 amide bonds. The number of rotatable bonds is 6. The normalized spacial score (nSPS) is 24.4. The van der Waals surface area contributed by atoms with Crippen LogP contribution in [0.15, 0.2) is 42.5 Å². The number of amides is 2. The van der Waals surface area contributed by atoms with E-state index in [4.69, 9.17) is 25.8 Å². The van der Waals surface area contributed by atoms with Gasteiger partial charge in [0.15, 0.2) is 6.29 Å². The monoisotopic (exact) mass is 531 g/mol. The average Bonchev–Trinajstić information content (AvgIpc) is 3.09. The summed E-state index contributed by atoms with van der Waals surface area (Å²) in [6, 6.07) is 11.5. The van der Waals surface area contributed by atoms with Gasteiger partial charge in [-0.1, -0.05) is 35.9 Å². The molecule has 6 nitrogen and oxygen atoms in total. The van der Waals surface area contributed by atoms with E-state index < -0.39 is 23.2 Å². The summed E-state index contributed by atoms with van der Waals surface area (Å²) in [5, 5.41) is 0.457. The van der Waals surface area contributed by atoms with Gasteiger partial charge in [0.25, 0.3) is 0 Å². The number of ether oxygens (including phenoxy) is 3. The summed E-state index contributed by atoms with van der Waals surface area (Å²) in [4.78, 5) is 28.0. The van der Waals surface area contributed by atoms with Crippen molar-refractivity contribution in [3.05, 3.63) is 58.9 Å². The van der Waals surface area contributed by atoms with E-state index in [0.717, 1.165) is 24.8 Å². The minimum atomic E-state index is -0.883. The van der Waals surface area contributed by atoms with Crippen molar-refractivity contribution in [1.82, 2.24) is 4.90 Å². The molecule has 0 aromatic heterocycles. The topological polar surface area (TPSA) is 65.1 Å². The standard InChI is InChI=1S/C29H35ClFNO5/c1-28(2,3)37-27(34)32-22(17-29(4,26(32)33)18-36-25-7-5-6-14-35-25)15-19-8-10-20(11-9-19)23-16-21(30)12-13-24(23)31/h8-13,16,22,25H,5-7,14-15,17-18H2,1-4H3/t22-,25-,29-/m1/s1. The molecule has 2 heterocycles. The minimum Gasteiger partial charge on any atom is -0.443 e. The van der Waals surface area contributed by atoms with Crippen LogP contribution >= 0.6 is 11.6 Å². The third kappa shape index (κ3) is 6.70. The SMILES string of the molecule is CC(C)(C)OC(=O)N1C(=O)[C@@](C)(CO[C@@H]2CCCCO2)C[C@H]1Cc1ccc(-c2cc(Cl)ccc2F)cc1. The Labute approximate surface area is 223 Å². The lowest BCUT2D eigenvalue weighted by atomic mass is 9.86. The van der Waals surface area contributed by atoms with E-state index in [1.807, 2.05) is 31.2 Å². The fourth-order valence-corrected chi connectivity index (χ4v) is 5.09. The maximum atomic E-state index is 14.3. The number of benzene rings is 2. The second-order valence-corrected chi connectivity index (χ2v) is 11.6. The van der Waals surface area contributed by atoms with Crippen LogP contribution in [0.3, 0.4) is 0 Å². The van der Waals surface area contributed by atoms with E-state index in [1.165, 1.54) is 17.0 Å². The molecule has 2 saturated heterocycles. The Morgan fingerprint density at radius 3 is 2.57 bits per heavy atom. The van der Waals surface area contributed by atoms with Gasteiger partial charge in [-0.25, -0.2) is 14.1 Å². The van der Waals surface area contributed by atoms with E-state index in [9.17, 15) is 14.0 Å². The van der Waals surface area contributed by atoms with Crippen molar-refractivity contribution in [1.29, 1.82) is 0 Å². The van der Waals surface area contributed by atoms with Crippen LogP contribution in [0.2, 0.25) is 5.02 Å². The molecule has 0 unspecified atom stereocenters. The summed E-state index contributed by atoms with van der Waals surface area (Å²) in [6.07, 6.45) is 2.72. The number of carbonyl (C=O) groups is 2. The average molecular weight is 532 g/mol. The highest BCUT2D eigenvalue weighted by Crippen LogP contribution is 2.39. The number of hydrogen-bond donors (Lipinski definition) is 0. The summed E-state index contributed by atoms with van der Waals surface area (Å²) >= 11 is 6.05. The molecule has 2 aromatic rings. The summed E-state index contributed by atoms with van der Waals surface area (Å²) in [5.41, 5.74) is 0.404. The van der Waals surface area contributed by atoms with Gasteiger partial charge < -0.3 is 14.2 Å². The molecule has 2 aliphatic heterocycles. The van der Waals surface area contributed by atoms with E-state index in [2.05, 4.69) is 0 Å². The molecule has 0 bridgehead atoms. The van der Waals surface area contributed by atoms with Gasteiger partial charge in [-0.05, 0) is 89.1 Å². The van der Waals surface area contributed by atoms with Crippen LogP contribution < -0.4 is 0 Å². The quantitative estimate of drug-likeness (QED) is 0.411. The maximum absolute atomic E-state index is 14.3. The van der Waals surface area contributed by atoms with Crippen molar-refractivity contribution in [2.24, 2.45) is 5.41 Å². The fourth-order valence-electron chi connectivity index (χ4n) is 4.91. The third-order valence-corrected chi connectivity index (χ3v) is 7.00. The molecule has 0 aliphatic carbocycles. The Bertz CT molecular complexity index is 1130. The van der Waals surface area contributed by atoms with Gasteiger partial charge >= 0.3 is 6.09 Å². The molecule has 2 aliphatic rings. The molecule has 2 fully saturated rings. The first kappa shape index (κ1) is 27.6. The minimum absolute atomic E-state index is 0.166. The van der Waals surface area contributed by atoms with Gasteiger partial charge in [-0.15, -0.1) is 0 Å². The Kier molecular flexibility index (Phi) is 8.26. The first-order valence-electron chi connectivity index (χ1n) is 12.8. The molecule has 2 aromatic carbocycles. The van der Waals surface area contributed by atoms with Crippen molar-refractivity contribution >= 4 is 23.6 Å². The number of halogens is 2. The van der Waals surface area contributed by atoms with Crippen LogP contribution in [0, 0.1) is 11.2 Å². The number of hydrogen-bond acceptors (Lipinski definition) is 5.